The monoisotopic (exact) mass is 423 g/mol. The molecule has 148 valence electrons. The first-order valence-corrected chi connectivity index (χ1v) is 10.7. The van der Waals surface area contributed by atoms with Crippen molar-refractivity contribution in [2.45, 2.75) is 24.3 Å². The van der Waals surface area contributed by atoms with E-state index in [0.717, 1.165) is 22.4 Å². The molecule has 1 aromatic rings. The van der Waals surface area contributed by atoms with Crippen LogP contribution in [0.4, 0.5) is 5.69 Å². The molecule has 0 saturated carbocycles. The molecule has 1 atom stereocenters. The molecule has 0 aromatic heterocycles. The highest BCUT2D eigenvalue weighted by Crippen LogP contribution is 2.29. The Kier molecular flexibility index (Phi) is 9.18. The summed E-state index contributed by atoms with van der Waals surface area (Å²) in [5.74, 6) is 2.23. The Morgan fingerprint density at radius 1 is 1.42 bits per heavy atom. The van der Waals surface area contributed by atoms with Gasteiger partial charge in [0.2, 0.25) is 15.9 Å². The molecule has 0 bridgehead atoms. The van der Waals surface area contributed by atoms with Crippen molar-refractivity contribution in [1.82, 2.24) is 9.62 Å². The van der Waals surface area contributed by atoms with Crippen LogP contribution in [-0.2, 0) is 14.8 Å². The average molecular weight is 424 g/mol. The molecule has 0 aliphatic carbocycles. The zero-order valence-electron chi connectivity index (χ0n) is 15.1. The molecule has 0 spiro atoms. The fraction of sp³-hybridized carbons (Fsp3) is 0.562. The number of hydrogen-bond acceptors (Lipinski definition) is 6. The highest BCUT2D eigenvalue weighted by atomic mass is 35.5. The Morgan fingerprint density at radius 3 is 2.73 bits per heavy atom. The minimum absolute atomic E-state index is 0. The topological polar surface area (TPSA) is 87.7 Å². The number of amides is 1. The van der Waals surface area contributed by atoms with Gasteiger partial charge in [0.15, 0.2) is 0 Å². The van der Waals surface area contributed by atoms with E-state index >= 15 is 0 Å². The Morgan fingerprint density at radius 2 is 2.15 bits per heavy atom. The van der Waals surface area contributed by atoms with Gasteiger partial charge in [-0.1, -0.05) is 0 Å². The predicted octanol–water partition coefficient (Wildman–Crippen LogP) is 1.79. The first kappa shape index (κ1) is 23.0. The second kappa shape index (κ2) is 10.4. The second-order valence-electron chi connectivity index (χ2n) is 5.86. The lowest BCUT2D eigenvalue weighted by molar-refractivity contribution is -0.116. The van der Waals surface area contributed by atoms with Gasteiger partial charge in [0.1, 0.15) is 5.75 Å². The molecular weight excluding hydrogens is 398 g/mol. The van der Waals surface area contributed by atoms with Gasteiger partial charge in [-0.25, -0.2) is 12.7 Å². The van der Waals surface area contributed by atoms with Gasteiger partial charge in [0, 0.05) is 44.6 Å². The quantitative estimate of drug-likeness (QED) is 0.695. The molecule has 1 saturated heterocycles. The summed E-state index contributed by atoms with van der Waals surface area (Å²) in [6.45, 7) is 3.14. The van der Waals surface area contributed by atoms with E-state index < -0.39 is 10.0 Å². The molecule has 1 aliphatic rings. The highest BCUT2D eigenvalue weighted by Gasteiger charge is 2.21. The Labute approximate surface area is 165 Å². The van der Waals surface area contributed by atoms with E-state index in [4.69, 9.17) is 4.74 Å². The third kappa shape index (κ3) is 6.02. The first-order valence-electron chi connectivity index (χ1n) is 8.15. The molecule has 1 unspecified atom stereocenters. The Hall–Kier alpha value is -1.00. The Balaban J connectivity index is 0.00000338. The number of sulfonamides is 1. The summed E-state index contributed by atoms with van der Waals surface area (Å²) in [7, 11) is -0.646. The largest absolute Gasteiger partial charge is 0.492 e. The zero-order chi connectivity index (χ0) is 18.4. The number of halogens is 1. The van der Waals surface area contributed by atoms with Gasteiger partial charge < -0.3 is 15.4 Å². The number of nitrogens with zero attached hydrogens (tertiary/aromatic N) is 1. The fourth-order valence-electron chi connectivity index (χ4n) is 2.44. The summed E-state index contributed by atoms with van der Waals surface area (Å²) in [6.07, 6.45) is 0.337. The minimum atomic E-state index is -3.58. The van der Waals surface area contributed by atoms with Crippen LogP contribution in [0.3, 0.4) is 0 Å². The van der Waals surface area contributed by atoms with Crippen molar-refractivity contribution < 1.29 is 17.9 Å². The number of carbonyl (C=O) groups is 1. The number of ether oxygens (including phenoxy) is 1. The number of rotatable bonds is 7. The van der Waals surface area contributed by atoms with Gasteiger partial charge in [0.05, 0.1) is 17.2 Å². The molecule has 26 heavy (non-hydrogen) atoms. The van der Waals surface area contributed by atoms with Crippen LogP contribution in [0.5, 0.6) is 5.75 Å². The van der Waals surface area contributed by atoms with Gasteiger partial charge in [-0.05, 0) is 25.1 Å². The van der Waals surface area contributed by atoms with Crippen LogP contribution in [0.2, 0.25) is 0 Å². The fourth-order valence-corrected chi connectivity index (χ4v) is 4.31. The standard InChI is InChI=1S/C16H25N3O4S2.ClH/c1-4-23-15-6-5-13(25(21,22)19(2)3)10-14(15)18-16(20)9-12-11-24-8-7-17-12;/h5-6,10,12,17H,4,7-9,11H2,1-3H3,(H,18,20);1H. The van der Waals surface area contributed by atoms with Gasteiger partial charge >= 0.3 is 0 Å². The first-order chi connectivity index (χ1) is 11.8. The predicted molar refractivity (Wildman–Crippen MR) is 108 cm³/mol. The summed E-state index contributed by atoms with van der Waals surface area (Å²) in [6, 6.07) is 4.63. The smallest absolute Gasteiger partial charge is 0.242 e. The maximum atomic E-state index is 12.4. The van der Waals surface area contributed by atoms with Gasteiger partial charge in [-0.3, -0.25) is 4.79 Å². The summed E-state index contributed by atoms with van der Waals surface area (Å²) >= 11 is 1.82. The lowest BCUT2D eigenvalue weighted by Gasteiger charge is -2.23. The Bertz CT molecular complexity index is 707. The SMILES string of the molecule is CCOc1ccc(S(=O)(=O)N(C)C)cc1NC(=O)CC1CSCCN1.Cl. The number of nitrogens with one attached hydrogen (secondary N) is 2. The number of carbonyl (C=O) groups excluding carboxylic acids is 1. The summed E-state index contributed by atoms with van der Waals surface area (Å²) in [5, 5.41) is 6.11. The third-order valence-electron chi connectivity index (χ3n) is 3.73. The summed E-state index contributed by atoms with van der Waals surface area (Å²) in [5.41, 5.74) is 0.373. The summed E-state index contributed by atoms with van der Waals surface area (Å²) in [4.78, 5) is 12.5. The van der Waals surface area contributed by atoms with E-state index in [2.05, 4.69) is 10.6 Å². The van der Waals surface area contributed by atoms with Crippen molar-refractivity contribution >= 4 is 45.8 Å². The molecule has 7 nitrogen and oxygen atoms in total. The molecule has 1 amide bonds. The van der Waals surface area contributed by atoms with Crippen LogP contribution in [-0.4, -0.2) is 63.4 Å². The normalized spacial score (nSPS) is 17.5. The van der Waals surface area contributed by atoms with E-state index in [1.807, 2.05) is 18.7 Å². The van der Waals surface area contributed by atoms with Gasteiger partial charge in [-0.2, -0.15) is 11.8 Å². The molecule has 1 aliphatic heterocycles. The van der Waals surface area contributed by atoms with Crippen LogP contribution < -0.4 is 15.4 Å². The van der Waals surface area contributed by atoms with E-state index in [9.17, 15) is 13.2 Å². The second-order valence-corrected chi connectivity index (χ2v) is 9.16. The van der Waals surface area contributed by atoms with Gasteiger partial charge in [-0.15, -0.1) is 12.4 Å². The molecule has 1 heterocycles. The number of anilines is 1. The molecule has 1 aromatic carbocycles. The van der Waals surface area contributed by atoms with Crippen LogP contribution in [0, 0.1) is 0 Å². The van der Waals surface area contributed by atoms with Crippen molar-refractivity contribution in [3.63, 3.8) is 0 Å². The van der Waals surface area contributed by atoms with Crippen molar-refractivity contribution in [2.75, 3.05) is 44.1 Å². The molecule has 1 fully saturated rings. The van der Waals surface area contributed by atoms with E-state index in [-0.39, 0.29) is 29.3 Å². The van der Waals surface area contributed by atoms with Crippen LogP contribution in [0.15, 0.2) is 23.1 Å². The zero-order valence-corrected chi connectivity index (χ0v) is 17.6. The maximum absolute atomic E-state index is 12.4. The van der Waals surface area contributed by atoms with E-state index in [1.54, 1.807) is 6.07 Å². The summed E-state index contributed by atoms with van der Waals surface area (Å²) < 4.78 is 31.3. The number of thioether (sulfide) groups is 1. The van der Waals surface area contributed by atoms with Gasteiger partial charge in [0.25, 0.3) is 0 Å². The molecule has 10 heteroatoms. The molecular formula is C16H26ClN3O4S2. The number of hydrogen-bond donors (Lipinski definition) is 2. The molecule has 2 rings (SSSR count). The van der Waals surface area contributed by atoms with Crippen molar-refractivity contribution in [2.24, 2.45) is 0 Å². The van der Waals surface area contributed by atoms with Crippen molar-refractivity contribution in [3.8, 4) is 5.75 Å². The molecule has 2 N–H and O–H groups in total. The number of benzene rings is 1. The van der Waals surface area contributed by atoms with E-state index in [0.29, 0.717) is 24.5 Å². The highest BCUT2D eigenvalue weighted by molar-refractivity contribution is 7.99. The van der Waals surface area contributed by atoms with E-state index in [1.165, 1.54) is 26.2 Å². The minimum Gasteiger partial charge on any atom is -0.492 e. The van der Waals surface area contributed by atoms with Crippen LogP contribution in [0.25, 0.3) is 0 Å². The van der Waals surface area contributed by atoms with Crippen LogP contribution >= 0.6 is 24.2 Å². The lowest BCUT2D eigenvalue weighted by atomic mass is 10.2. The van der Waals surface area contributed by atoms with Crippen molar-refractivity contribution in [1.29, 1.82) is 0 Å². The molecule has 0 radical (unpaired) electrons. The maximum Gasteiger partial charge on any atom is 0.242 e. The van der Waals surface area contributed by atoms with Crippen molar-refractivity contribution in [3.05, 3.63) is 18.2 Å². The average Bonchev–Trinajstić information content (AvgIpc) is 2.57. The third-order valence-corrected chi connectivity index (χ3v) is 6.68. The lowest BCUT2D eigenvalue weighted by Crippen LogP contribution is -2.39. The van der Waals surface area contributed by atoms with Crippen LogP contribution in [0.1, 0.15) is 13.3 Å².